The van der Waals surface area contributed by atoms with Crippen LogP contribution in [0.1, 0.15) is 15.9 Å². The monoisotopic (exact) mass is 335 g/mol. The fraction of sp³-hybridized carbons (Fsp3) is 0.0714. The number of amides is 1. The van der Waals surface area contributed by atoms with Crippen molar-refractivity contribution in [3.63, 3.8) is 0 Å². The highest BCUT2D eigenvalue weighted by Gasteiger charge is 2.18. The highest BCUT2D eigenvalue weighted by Crippen LogP contribution is 2.17. The maximum absolute atomic E-state index is 12.1. The van der Waals surface area contributed by atoms with E-state index in [4.69, 9.17) is 5.14 Å². The molecule has 0 aliphatic rings. The molecule has 2 rings (SSSR count). The number of nitrogens with one attached hydrogen (secondary N) is 1. The number of hydrogen-bond acceptors (Lipinski definition) is 5. The smallest absolute Gasteiger partial charge is 0.282 e. The summed E-state index contributed by atoms with van der Waals surface area (Å²) in [6.45, 7) is 0.00818. The summed E-state index contributed by atoms with van der Waals surface area (Å²) in [7, 11) is -3.84. The normalized spacial score (nSPS) is 11.0. The van der Waals surface area contributed by atoms with Crippen molar-refractivity contribution in [1.82, 2.24) is 5.32 Å². The second kappa shape index (κ2) is 6.55. The van der Waals surface area contributed by atoms with Gasteiger partial charge in [-0.05, 0) is 23.8 Å². The highest BCUT2D eigenvalue weighted by molar-refractivity contribution is 7.89. The van der Waals surface area contributed by atoms with E-state index < -0.39 is 20.9 Å². The number of sulfonamides is 1. The molecule has 3 N–H and O–H groups in total. The highest BCUT2D eigenvalue weighted by atomic mass is 32.2. The van der Waals surface area contributed by atoms with Gasteiger partial charge in [-0.15, -0.1) is 0 Å². The molecule has 0 saturated heterocycles. The number of para-hydroxylation sites is 1. The predicted octanol–water partition coefficient (Wildman–Crippen LogP) is 1.17. The number of carbonyl (C=O) groups is 1. The molecule has 0 aliphatic carbocycles. The van der Waals surface area contributed by atoms with E-state index in [0.717, 1.165) is 0 Å². The lowest BCUT2D eigenvalue weighted by molar-refractivity contribution is -0.385. The molecular weight excluding hydrogens is 322 g/mol. The second-order valence-electron chi connectivity index (χ2n) is 4.65. The molecule has 2 aromatic rings. The second-order valence-corrected chi connectivity index (χ2v) is 6.21. The van der Waals surface area contributed by atoms with E-state index in [2.05, 4.69) is 5.32 Å². The van der Waals surface area contributed by atoms with Crippen molar-refractivity contribution in [3.8, 4) is 0 Å². The standard InChI is InChI=1S/C14H13N3O5S/c15-23(21,22)11-5-3-4-10(8-11)9-16-14(18)12-6-1-2-7-13(12)17(19)20/h1-8H,9H2,(H,16,18)(H2,15,21,22). The van der Waals surface area contributed by atoms with E-state index in [-0.39, 0.29) is 22.7 Å². The van der Waals surface area contributed by atoms with Crippen LogP contribution in [-0.2, 0) is 16.6 Å². The summed E-state index contributed by atoms with van der Waals surface area (Å²) >= 11 is 0. The Morgan fingerprint density at radius 1 is 1.17 bits per heavy atom. The molecule has 0 unspecified atom stereocenters. The van der Waals surface area contributed by atoms with Crippen molar-refractivity contribution in [2.45, 2.75) is 11.4 Å². The van der Waals surface area contributed by atoms with Gasteiger partial charge in [-0.3, -0.25) is 14.9 Å². The lowest BCUT2D eigenvalue weighted by atomic mass is 10.1. The van der Waals surface area contributed by atoms with Crippen molar-refractivity contribution in [3.05, 3.63) is 69.8 Å². The first-order chi connectivity index (χ1) is 10.8. The SMILES string of the molecule is NS(=O)(=O)c1cccc(CNC(=O)c2ccccc2[N+](=O)[O-])c1. The fourth-order valence-electron chi connectivity index (χ4n) is 1.93. The van der Waals surface area contributed by atoms with Gasteiger partial charge in [-0.2, -0.15) is 0 Å². The van der Waals surface area contributed by atoms with Gasteiger partial charge in [-0.1, -0.05) is 24.3 Å². The first-order valence-corrected chi connectivity index (χ1v) is 7.97. The largest absolute Gasteiger partial charge is 0.348 e. The molecule has 1 amide bonds. The number of nitrogens with two attached hydrogens (primary N) is 1. The summed E-state index contributed by atoms with van der Waals surface area (Å²) in [5, 5.41) is 18.4. The lowest BCUT2D eigenvalue weighted by Gasteiger charge is -2.07. The summed E-state index contributed by atoms with van der Waals surface area (Å²) in [6.07, 6.45) is 0. The number of carbonyl (C=O) groups excluding carboxylic acids is 1. The zero-order valence-corrected chi connectivity index (χ0v) is 12.6. The molecule has 0 aromatic heterocycles. The Morgan fingerprint density at radius 2 is 1.87 bits per heavy atom. The van der Waals surface area contributed by atoms with Gasteiger partial charge in [0.05, 0.1) is 9.82 Å². The number of nitro benzene ring substituents is 1. The van der Waals surface area contributed by atoms with Crippen molar-refractivity contribution in [2.24, 2.45) is 5.14 Å². The third kappa shape index (κ3) is 4.11. The topological polar surface area (TPSA) is 132 Å². The van der Waals surface area contributed by atoms with E-state index in [9.17, 15) is 23.3 Å². The van der Waals surface area contributed by atoms with E-state index in [1.165, 1.54) is 42.5 Å². The number of benzene rings is 2. The molecule has 0 spiro atoms. The first-order valence-electron chi connectivity index (χ1n) is 6.42. The predicted molar refractivity (Wildman–Crippen MR) is 82.1 cm³/mol. The Morgan fingerprint density at radius 3 is 2.52 bits per heavy atom. The zero-order valence-electron chi connectivity index (χ0n) is 11.8. The van der Waals surface area contributed by atoms with Crippen molar-refractivity contribution >= 4 is 21.6 Å². The van der Waals surface area contributed by atoms with Gasteiger partial charge >= 0.3 is 0 Å². The molecule has 0 aliphatic heterocycles. The molecule has 0 saturated carbocycles. The Kier molecular flexibility index (Phi) is 4.72. The van der Waals surface area contributed by atoms with Crippen LogP contribution in [0.15, 0.2) is 53.4 Å². The molecule has 0 bridgehead atoms. The van der Waals surface area contributed by atoms with Gasteiger partial charge in [0.15, 0.2) is 0 Å². The van der Waals surface area contributed by atoms with Crippen LogP contribution in [0, 0.1) is 10.1 Å². The molecular formula is C14H13N3O5S. The van der Waals surface area contributed by atoms with Gasteiger partial charge < -0.3 is 5.32 Å². The maximum atomic E-state index is 12.1. The summed E-state index contributed by atoms with van der Waals surface area (Å²) in [5.41, 5.74) is 0.131. The van der Waals surface area contributed by atoms with E-state index in [1.54, 1.807) is 6.07 Å². The number of rotatable bonds is 5. The molecule has 9 heteroatoms. The van der Waals surface area contributed by atoms with Crippen LogP contribution in [0.5, 0.6) is 0 Å². The van der Waals surface area contributed by atoms with Crippen LogP contribution in [-0.4, -0.2) is 19.2 Å². The van der Waals surface area contributed by atoms with Crippen LogP contribution in [0.2, 0.25) is 0 Å². The van der Waals surface area contributed by atoms with Gasteiger partial charge in [0.25, 0.3) is 11.6 Å². The van der Waals surface area contributed by atoms with Crippen molar-refractivity contribution in [1.29, 1.82) is 0 Å². The zero-order chi connectivity index (χ0) is 17.0. The number of nitrogens with zero attached hydrogens (tertiary/aromatic N) is 1. The summed E-state index contributed by atoms with van der Waals surface area (Å²) in [4.78, 5) is 22.3. The van der Waals surface area contributed by atoms with Crippen LogP contribution in [0.4, 0.5) is 5.69 Å². The average molecular weight is 335 g/mol. The van der Waals surface area contributed by atoms with Gasteiger partial charge in [0.2, 0.25) is 10.0 Å². The van der Waals surface area contributed by atoms with Gasteiger partial charge in [-0.25, -0.2) is 13.6 Å². The molecule has 0 radical (unpaired) electrons. The molecule has 8 nitrogen and oxygen atoms in total. The number of primary sulfonamides is 1. The lowest BCUT2D eigenvalue weighted by Crippen LogP contribution is -2.24. The minimum atomic E-state index is -3.84. The van der Waals surface area contributed by atoms with Gasteiger partial charge in [0, 0.05) is 12.6 Å². The van der Waals surface area contributed by atoms with E-state index in [0.29, 0.717) is 5.56 Å². The van der Waals surface area contributed by atoms with Crippen LogP contribution < -0.4 is 10.5 Å². The van der Waals surface area contributed by atoms with Crippen LogP contribution in [0.25, 0.3) is 0 Å². The first kappa shape index (κ1) is 16.6. The Balaban J connectivity index is 2.16. The summed E-state index contributed by atoms with van der Waals surface area (Å²) in [5.74, 6) is -0.627. The Hall–Kier alpha value is -2.78. The minimum Gasteiger partial charge on any atom is -0.348 e. The number of nitro groups is 1. The molecule has 2 aromatic carbocycles. The molecule has 0 heterocycles. The minimum absolute atomic E-state index is 0.00818. The van der Waals surface area contributed by atoms with Crippen LogP contribution >= 0.6 is 0 Å². The van der Waals surface area contributed by atoms with E-state index >= 15 is 0 Å². The Bertz CT molecular complexity index is 864. The Labute approximate surface area is 132 Å². The fourth-order valence-corrected chi connectivity index (χ4v) is 2.52. The van der Waals surface area contributed by atoms with Gasteiger partial charge in [0.1, 0.15) is 5.56 Å². The third-order valence-electron chi connectivity index (χ3n) is 3.03. The van der Waals surface area contributed by atoms with Crippen molar-refractivity contribution in [2.75, 3.05) is 0 Å². The summed E-state index contributed by atoms with van der Waals surface area (Å²) < 4.78 is 22.6. The molecule has 0 fully saturated rings. The molecule has 0 atom stereocenters. The number of hydrogen-bond donors (Lipinski definition) is 2. The van der Waals surface area contributed by atoms with Crippen molar-refractivity contribution < 1.29 is 18.1 Å². The molecule has 120 valence electrons. The van der Waals surface area contributed by atoms with E-state index in [1.807, 2.05) is 0 Å². The molecule has 23 heavy (non-hydrogen) atoms. The van der Waals surface area contributed by atoms with Crippen LogP contribution in [0.3, 0.4) is 0 Å². The third-order valence-corrected chi connectivity index (χ3v) is 3.94. The average Bonchev–Trinajstić information content (AvgIpc) is 2.52. The quantitative estimate of drug-likeness (QED) is 0.625. The maximum Gasteiger partial charge on any atom is 0.282 e. The summed E-state index contributed by atoms with van der Waals surface area (Å²) in [6, 6.07) is 11.3.